The molecule has 0 fully saturated rings. The minimum atomic E-state index is -0.544. The van der Waals surface area contributed by atoms with E-state index >= 15 is 0 Å². The van der Waals surface area contributed by atoms with Crippen molar-refractivity contribution >= 4 is 22.8 Å². The number of hydrogen-bond acceptors (Lipinski definition) is 4. The first-order valence-electron chi connectivity index (χ1n) is 10.7. The van der Waals surface area contributed by atoms with Crippen molar-refractivity contribution in [2.24, 2.45) is 0 Å². The molecule has 2 amide bonds. The summed E-state index contributed by atoms with van der Waals surface area (Å²) in [4.78, 5) is 23.7. The molecule has 0 heterocycles. The van der Waals surface area contributed by atoms with Crippen molar-refractivity contribution in [3.05, 3.63) is 77.9 Å². The van der Waals surface area contributed by atoms with Crippen LogP contribution in [0.15, 0.2) is 66.7 Å². The highest BCUT2D eigenvalue weighted by molar-refractivity contribution is 5.85. The summed E-state index contributed by atoms with van der Waals surface area (Å²) in [5.74, 6) is 0.643. The van der Waals surface area contributed by atoms with Gasteiger partial charge in [0.1, 0.15) is 18.0 Å². The number of benzene rings is 3. The van der Waals surface area contributed by atoms with Crippen molar-refractivity contribution in [2.75, 3.05) is 13.1 Å². The molecule has 3 rings (SSSR count). The van der Waals surface area contributed by atoms with Crippen LogP contribution < -0.4 is 15.4 Å². The number of nitrogens with one attached hydrogen (secondary N) is 2. The third-order valence-electron chi connectivity index (χ3n) is 4.68. The number of amides is 2. The molecule has 0 aliphatic rings. The topological polar surface area (TPSA) is 76.7 Å². The highest BCUT2D eigenvalue weighted by Gasteiger charge is 2.15. The van der Waals surface area contributed by atoms with Gasteiger partial charge in [0, 0.05) is 13.1 Å². The lowest BCUT2D eigenvalue weighted by Crippen LogP contribution is -2.38. The van der Waals surface area contributed by atoms with E-state index in [2.05, 4.69) is 34.9 Å². The lowest BCUT2D eigenvalue weighted by molar-refractivity contribution is -0.120. The standard InChI is InChI=1S/C26H30N2O4/c1-26(2,3)32-25(30)28-16-15-27-24(29)17-19-11-13-22(14-12-19)31-18-21-9-6-8-20-7-4-5-10-23(20)21/h4-14H,15-18H2,1-3H3,(H,27,29)(H,28,30). The predicted molar refractivity (Wildman–Crippen MR) is 126 cm³/mol. The fraction of sp³-hybridized carbons (Fsp3) is 0.308. The summed E-state index contributed by atoms with van der Waals surface area (Å²) in [5.41, 5.74) is 1.48. The molecule has 2 N–H and O–H groups in total. The second-order valence-corrected chi connectivity index (χ2v) is 8.53. The Morgan fingerprint density at radius 1 is 0.844 bits per heavy atom. The summed E-state index contributed by atoms with van der Waals surface area (Å²) in [6, 6.07) is 21.9. The fourth-order valence-electron chi connectivity index (χ4n) is 3.21. The summed E-state index contributed by atoms with van der Waals surface area (Å²) in [5, 5.41) is 7.77. The Morgan fingerprint density at radius 2 is 1.53 bits per heavy atom. The third kappa shape index (κ3) is 7.30. The minimum Gasteiger partial charge on any atom is -0.489 e. The molecule has 6 nitrogen and oxygen atoms in total. The van der Waals surface area contributed by atoms with Crippen molar-refractivity contribution in [1.29, 1.82) is 0 Å². The van der Waals surface area contributed by atoms with Gasteiger partial charge in [-0.1, -0.05) is 54.6 Å². The summed E-state index contributed by atoms with van der Waals surface area (Å²) < 4.78 is 11.1. The van der Waals surface area contributed by atoms with Crippen LogP contribution in [-0.4, -0.2) is 30.7 Å². The summed E-state index contributed by atoms with van der Waals surface area (Å²) in [6.07, 6.45) is -0.235. The number of ether oxygens (including phenoxy) is 2. The van der Waals surface area contributed by atoms with E-state index in [0.29, 0.717) is 19.7 Å². The van der Waals surface area contributed by atoms with Crippen molar-refractivity contribution < 1.29 is 19.1 Å². The smallest absolute Gasteiger partial charge is 0.407 e. The summed E-state index contributed by atoms with van der Waals surface area (Å²) in [6.45, 7) is 6.52. The summed E-state index contributed by atoms with van der Waals surface area (Å²) >= 11 is 0. The Bertz CT molecular complexity index is 1050. The average molecular weight is 435 g/mol. The largest absolute Gasteiger partial charge is 0.489 e. The molecular weight excluding hydrogens is 404 g/mol. The minimum absolute atomic E-state index is 0.111. The van der Waals surface area contributed by atoms with Crippen molar-refractivity contribution in [3.8, 4) is 5.75 Å². The van der Waals surface area contributed by atoms with Crippen LogP contribution in [0.1, 0.15) is 31.9 Å². The van der Waals surface area contributed by atoms with E-state index in [-0.39, 0.29) is 12.3 Å². The molecule has 0 spiro atoms. The van der Waals surface area contributed by atoms with Gasteiger partial charge in [0.25, 0.3) is 0 Å². The van der Waals surface area contributed by atoms with Gasteiger partial charge in [-0.15, -0.1) is 0 Å². The molecule has 0 saturated carbocycles. The SMILES string of the molecule is CC(C)(C)OC(=O)NCCNC(=O)Cc1ccc(OCc2cccc3ccccc23)cc1. The lowest BCUT2D eigenvalue weighted by atomic mass is 10.1. The number of carbonyl (C=O) groups excluding carboxylic acids is 2. The second kappa shape index (κ2) is 10.7. The summed E-state index contributed by atoms with van der Waals surface area (Å²) in [7, 11) is 0. The van der Waals surface area contributed by atoms with Gasteiger partial charge >= 0.3 is 6.09 Å². The molecule has 32 heavy (non-hydrogen) atoms. The van der Waals surface area contributed by atoms with E-state index in [4.69, 9.17) is 9.47 Å². The average Bonchev–Trinajstić information content (AvgIpc) is 2.75. The van der Waals surface area contributed by atoms with E-state index in [0.717, 1.165) is 16.9 Å². The van der Waals surface area contributed by atoms with Gasteiger partial charge in [0.2, 0.25) is 5.91 Å². The number of carbonyl (C=O) groups is 2. The monoisotopic (exact) mass is 434 g/mol. The van der Waals surface area contributed by atoms with Gasteiger partial charge in [-0.2, -0.15) is 0 Å². The van der Waals surface area contributed by atoms with Crippen molar-refractivity contribution in [1.82, 2.24) is 10.6 Å². The molecule has 3 aromatic rings. The van der Waals surface area contributed by atoms with Crippen LogP contribution in [0.3, 0.4) is 0 Å². The van der Waals surface area contributed by atoms with Crippen LogP contribution in [0.5, 0.6) is 5.75 Å². The fourth-order valence-corrected chi connectivity index (χ4v) is 3.21. The highest BCUT2D eigenvalue weighted by Crippen LogP contribution is 2.21. The maximum Gasteiger partial charge on any atom is 0.407 e. The molecule has 0 saturated heterocycles. The Hall–Kier alpha value is -3.54. The van der Waals surface area contributed by atoms with Crippen LogP contribution in [0.4, 0.5) is 4.79 Å². The molecule has 0 aliphatic carbocycles. The number of fused-ring (bicyclic) bond motifs is 1. The van der Waals surface area contributed by atoms with E-state index in [1.165, 1.54) is 10.8 Å². The molecule has 3 aromatic carbocycles. The zero-order chi connectivity index (χ0) is 23.0. The van der Waals surface area contributed by atoms with Crippen molar-refractivity contribution in [3.63, 3.8) is 0 Å². The Morgan fingerprint density at radius 3 is 2.28 bits per heavy atom. The zero-order valence-corrected chi connectivity index (χ0v) is 18.8. The molecule has 6 heteroatoms. The van der Waals surface area contributed by atoms with E-state index in [9.17, 15) is 9.59 Å². The molecule has 0 unspecified atom stereocenters. The first kappa shape index (κ1) is 23.1. The van der Waals surface area contributed by atoms with Crippen molar-refractivity contribution in [2.45, 2.75) is 39.4 Å². The van der Waals surface area contributed by atoms with E-state index in [1.54, 1.807) is 20.8 Å². The molecule has 0 atom stereocenters. The maximum absolute atomic E-state index is 12.1. The van der Waals surface area contributed by atoms with Gasteiger partial charge < -0.3 is 20.1 Å². The van der Waals surface area contributed by atoms with Crippen LogP contribution >= 0.6 is 0 Å². The third-order valence-corrected chi connectivity index (χ3v) is 4.68. The van der Waals surface area contributed by atoms with Crippen LogP contribution in [0.2, 0.25) is 0 Å². The van der Waals surface area contributed by atoms with Gasteiger partial charge in [-0.3, -0.25) is 4.79 Å². The molecule has 0 bridgehead atoms. The van der Waals surface area contributed by atoms with E-state index in [1.807, 2.05) is 42.5 Å². The zero-order valence-electron chi connectivity index (χ0n) is 18.8. The second-order valence-electron chi connectivity index (χ2n) is 8.53. The van der Waals surface area contributed by atoms with Gasteiger partial charge in [0.05, 0.1) is 6.42 Å². The first-order valence-corrected chi connectivity index (χ1v) is 10.7. The van der Waals surface area contributed by atoms with Gasteiger partial charge in [0.15, 0.2) is 0 Å². The number of alkyl carbamates (subject to hydrolysis) is 1. The Balaban J connectivity index is 1.41. The molecule has 0 radical (unpaired) electrons. The number of rotatable bonds is 8. The molecular formula is C26H30N2O4. The molecule has 0 aromatic heterocycles. The normalized spacial score (nSPS) is 11.1. The lowest BCUT2D eigenvalue weighted by Gasteiger charge is -2.19. The van der Waals surface area contributed by atoms with Gasteiger partial charge in [-0.05, 0) is 54.8 Å². The van der Waals surface area contributed by atoms with Crippen LogP contribution in [0, 0.1) is 0 Å². The first-order chi connectivity index (χ1) is 15.3. The van der Waals surface area contributed by atoms with Gasteiger partial charge in [-0.25, -0.2) is 4.79 Å². The molecule has 168 valence electrons. The quantitative estimate of drug-likeness (QED) is 0.508. The van der Waals surface area contributed by atoms with E-state index < -0.39 is 11.7 Å². The number of hydrogen-bond donors (Lipinski definition) is 2. The predicted octanol–water partition coefficient (Wildman–Crippen LogP) is 4.60. The highest BCUT2D eigenvalue weighted by atomic mass is 16.6. The maximum atomic E-state index is 12.1. The Kier molecular flexibility index (Phi) is 7.71. The molecule has 0 aliphatic heterocycles. The Labute approximate surface area is 188 Å². The van der Waals surface area contributed by atoms with Crippen LogP contribution in [-0.2, 0) is 22.6 Å². The van der Waals surface area contributed by atoms with Crippen LogP contribution in [0.25, 0.3) is 10.8 Å².